The van der Waals surface area contributed by atoms with Gasteiger partial charge in [-0.1, -0.05) is 17.7 Å². The number of amidine groups is 1. The summed E-state index contributed by atoms with van der Waals surface area (Å²) in [7, 11) is 0. The van der Waals surface area contributed by atoms with Gasteiger partial charge in [-0.3, -0.25) is 0 Å². The first kappa shape index (κ1) is 15.3. The molecule has 1 spiro atoms. The number of nitriles is 2. The van der Waals surface area contributed by atoms with E-state index < -0.39 is 28.5 Å². The number of benzene rings is 1. The first-order valence-corrected chi connectivity index (χ1v) is 7.72. The molecule has 1 aromatic rings. The van der Waals surface area contributed by atoms with Crippen molar-refractivity contribution < 1.29 is 13.9 Å². The van der Waals surface area contributed by atoms with Crippen molar-refractivity contribution in [2.45, 2.75) is 24.9 Å². The summed E-state index contributed by atoms with van der Waals surface area (Å²) in [6.07, 6.45) is -0.335. The lowest BCUT2D eigenvalue weighted by atomic mass is 9.93. The van der Waals surface area contributed by atoms with Gasteiger partial charge in [0.05, 0.1) is 24.8 Å². The standard InChI is InChI=1S/C16H12ClFN4O2/c1-8-5-23-16(24-8)15(7-20)12(14(15,6-19)13(21)22-16)11-9(17)3-2-4-10(11)18/h2-4,8,12H,5H2,1H3,(H2,21,22)/t8-,12+,14+,15+,16+/m0/s1. The number of rotatable bonds is 1. The Morgan fingerprint density at radius 2 is 2.17 bits per heavy atom. The van der Waals surface area contributed by atoms with Gasteiger partial charge in [-0.2, -0.15) is 10.5 Å². The van der Waals surface area contributed by atoms with Gasteiger partial charge in [0, 0.05) is 16.5 Å². The lowest BCUT2D eigenvalue weighted by Gasteiger charge is -2.26. The van der Waals surface area contributed by atoms with Crippen LogP contribution < -0.4 is 5.73 Å². The van der Waals surface area contributed by atoms with Crippen LogP contribution >= 0.6 is 11.6 Å². The zero-order chi connectivity index (χ0) is 17.3. The van der Waals surface area contributed by atoms with Crippen molar-refractivity contribution in [1.29, 1.82) is 10.5 Å². The van der Waals surface area contributed by atoms with Crippen molar-refractivity contribution >= 4 is 17.4 Å². The molecule has 4 rings (SSSR count). The molecule has 8 heteroatoms. The molecule has 5 atom stereocenters. The highest BCUT2D eigenvalue weighted by Crippen LogP contribution is 2.83. The molecule has 0 radical (unpaired) electrons. The first-order valence-electron chi connectivity index (χ1n) is 7.34. The minimum atomic E-state index is -1.71. The Morgan fingerprint density at radius 1 is 1.42 bits per heavy atom. The topological polar surface area (TPSA) is 104 Å². The molecule has 6 nitrogen and oxygen atoms in total. The summed E-state index contributed by atoms with van der Waals surface area (Å²) in [5.74, 6) is -3.33. The smallest absolute Gasteiger partial charge is 0.293 e. The summed E-state index contributed by atoms with van der Waals surface area (Å²) in [5.41, 5.74) is 2.96. The van der Waals surface area contributed by atoms with Crippen molar-refractivity contribution in [1.82, 2.24) is 0 Å². The molecule has 0 unspecified atom stereocenters. The summed E-state index contributed by atoms with van der Waals surface area (Å²) in [6, 6.07) is 8.35. The van der Waals surface area contributed by atoms with E-state index in [9.17, 15) is 14.9 Å². The molecule has 1 aromatic carbocycles. The average Bonchev–Trinajstić information content (AvgIpc) is 2.89. The minimum Gasteiger partial charge on any atom is -0.386 e. The molecule has 0 amide bonds. The van der Waals surface area contributed by atoms with Gasteiger partial charge in [0.25, 0.3) is 5.91 Å². The van der Waals surface area contributed by atoms with E-state index in [0.717, 1.165) is 0 Å². The Morgan fingerprint density at radius 3 is 2.71 bits per heavy atom. The van der Waals surface area contributed by atoms with E-state index in [0.29, 0.717) is 0 Å². The number of ether oxygens (including phenoxy) is 2. The zero-order valence-corrected chi connectivity index (χ0v) is 13.3. The normalized spacial score (nSPS) is 42.3. The van der Waals surface area contributed by atoms with Crippen molar-refractivity contribution in [3.8, 4) is 12.1 Å². The highest BCUT2D eigenvalue weighted by atomic mass is 35.5. The van der Waals surface area contributed by atoms with Gasteiger partial charge >= 0.3 is 0 Å². The Balaban J connectivity index is 1.98. The summed E-state index contributed by atoms with van der Waals surface area (Å²) < 4.78 is 25.9. The van der Waals surface area contributed by atoms with E-state index in [1.165, 1.54) is 18.2 Å². The van der Waals surface area contributed by atoms with Crippen LogP contribution in [0.1, 0.15) is 18.4 Å². The third-order valence-corrected chi connectivity index (χ3v) is 5.42. The maximum Gasteiger partial charge on any atom is 0.293 e. The van der Waals surface area contributed by atoms with Crippen LogP contribution in [0.15, 0.2) is 23.2 Å². The van der Waals surface area contributed by atoms with E-state index in [2.05, 4.69) is 17.1 Å². The van der Waals surface area contributed by atoms with Crippen LogP contribution in [-0.4, -0.2) is 24.5 Å². The molecule has 0 aromatic heterocycles. The van der Waals surface area contributed by atoms with Gasteiger partial charge in [-0.15, -0.1) is 0 Å². The molecule has 2 heterocycles. The van der Waals surface area contributed by atoms with Crippen molar-refractivity contribution in [2.24, 2.45) is 21.6 Å². The van der Waals surface area contributed by atoms with E-state index >= 15 is 0 Å². The maximum atomic E-state index is 14.5. The molecule has 1 aliphatic carbocycles. The monoisotopic (exact) mass is 346 g/mol. The van der Waals surface area contributed by atoms with E-state index in [-0.39, 0.29) is 29.1 Å². The lowest BCUT2D eigenvalue weighted by Crippen LogP contribution is -2.39. The minimum absolute atomic E-state index is 0.0613. The van der Waals surface area contributed by atoms with Crippen LogP contribution in [0.4, 0.5) is 4.39 Å². The predicted molar refractivity (Wildman–Crippen MR) is 81.1 cm³/mol. The summed E-state index contributed by atoms with van der Waals surface area (Å²) in [6.45, 7) is 1.95. The van der Waals surface area contributed by atoms with E-state index in [4.69, 9.17) is 26.8 Å². The number of aliphatic imine (C=N–C) groups is 1. The van der Waals surface area contributed by atoms with Crippen molar-refractivity contribution in [3.63, 3.8) is 0 Å². The molecular weight excluding hydrogens is 335 g/mol. The largest absolute Gasteiger partial charge is 0.386 e. The van der Waals surface area contributed by atoms with Crippen LogP contribution in [0, 0.1) is 39.3 Å². The number of nitrogens with two attached hydrogens (primary N) is 1. The SMILES string of the molecule is C[C@H]1CO[C@@]2(N=C(N)[C@@]3(C#N)[C@@H](c4c(F)cccc4Cl)[C@@]23C#N)O1. The average molecular weight is 347 g/mol. The van der Waals surface area contributed by atoms with Gasteiger partial charge in [0.1, 0.15) is 17.1 Å². The second-order valence-electron chi connectivity index (χ2n) is 6.23. The summed E-state index contributed by atoms with van der Waals surface area (Å²) in [4.78, 5) is 4.16. The second kappa shape index (κ2) is 4.46. The van der Waals surface area contributed by atoms with E-state index in [1.807, 2.05) is 0 Å². The summed E-state index contributed by atoms with van der Waals surface area (Å²) in [5, 5.41) is 19.9. The third-order valence-electron chi connectivity index (χ3n) is 5.09. The highest BCUT2D eigenvalue weighted by Gasteiger charge is 2.95. The molecule has 2 aliphatic heterocycles. The molecule has 3 aliphatic rings. The Kier molecular flexibility index (Phi) is 2.85. The number of hydrogen-bond donors (Lipinski definition) is 1. The lowest BCUT2D eigenvalue weighted by molar-refractivity contribution is -0.193. The predicted octanol–water partition coefficient (Wildman–Crippen LogP) is 2.06. The zero-order valence-electron chi connectivity index (χ0n) is 12.6. The number of halogens is 2. The van der Waals surface area contributed by atoms with Crippen LogP contribution in [0.25, 0.3) is 0 Å². The molecule has 24 heavy (non-hydrogen) atoms. The van der Waals surface area contributed by atoms with Gasteiger partial charge < -0.3 is 15.2 Å². The molecule has 122 valence electrons. The van der Waals surface area contributed by atoms with Gasteiger partial charge in [-0.05, 0) is 19.1 Å². The number of hydrogen-bond acceptors (Lipinski definition) is 6. The van der Waals surface area contributed by atoms with Gasteiger partial charge in [0.2, 0.25) is 0 Å². The summed E-state index contributed by atoms with van der Waals surface area (Å²) >= 11 is 6.16. The van der Waals surface area contributed by atoms with E-state index in [1.54, 1.807) is 6.92 Å². The third kappa shape index (κ3) is 1.36. The molecule has 1 saturated heterocycles. The van der Waals surface area contributed by atoms with Crippen LogP contribution in [0.3, 0.4) is 0 Å². The van der Waals surface area contributed by atoms with Crippen molar-refractivity contribution in [2.75, 3.05) is 6.61 Å². The molecule has 0 bridgehead atoms. The van der Waals surface area contributed by atoms with Crippen LogP contribution in [0.2, 0.25) is 5.02 Å². The molecule has 1 saturated carbocycles. The Bertz CT molecular complexity index is 858. The van der Waals surface area contributed by atoms with Gasteiger partial charge in [0.15, 0.2) is 5.41 Å². The fourth-order valence-electron chi connectivity index (χ4n) is 4.08. The molecular formula is C16H12ClFN4O2. The quantitative estimate of drug-likeness (QED) is 0.838. The van der Waals surface area contributed by atoms with Crippen LogP contribution in [0.5, 0.6) is 0 Å². The Hall–Kier alpha value is -2.19. The van der Waals surface area contributed by atoms with Crippen molar-refractivity contribution in [3.05, 3.63) is 34.6 Å². The van der Waals surface area contributed by atoms with Gasteiger partial charge in [-0.25, -0.2) is 9.38 Å². The fourth-order valence-corrected chi connectivity index (χ4v) is 4.35. The Labute approximate surface area is 142 Å². The molecule has 2 N–H and O–H groups in total. The molecule has 2 fully saturated rings. The number of nitrogens with zero attached hydrogens (tertiary/aromatic N) is 3. The fraction of sp³-hybridized carbons (Fsp3) is 0.438. The maximum absolute atomic E-state index is 14.5. The second-order valence-corrected chi connectivity index (χ2v) is 6.63. The number of fused-ring (bicyclic) bond motifs is 2. The van der Waals surface area contributed by atoms with Crippen LogP contribution in [-0.2, 0) is 9.47 Å². The highest BCUT2D eigenvalue weighted by molar-refractivity contribution is 6.31. The first-order chi connectivity index (χ1) is 11.4.